The molecule has 0 saturated heterocycles. The summed E-state index contributed by atoms with van der Waals surface area (Å²) in [5.41, 5.74) is 6.22. The highest BCUT2D eigenvalue weighted by Gasteiger charge is 2.03. The number of rotatable bonds is 5. The Morgan fingerprint density at radius 1 is 1.47 bits per heavy atom. The van der Waals surface area contributed by atoms with Crippen LogP contribution in [-0.2, 0) is 6.54 Å². The van der Waals surface area contributed by atoms with Crippen LogP contribution in [0.2, 0.25) is 0 Å². The fourth-order valence-corrected chi connectivity index (χ4v) is 1.16. The van der Waals surface area contributed by atoms with Crippen LogP contribution in [0.1, 0.15) is 15.9 Å². The second-order valence-electron chi connectivity index (χ2n) is 3.09. The lowest BCUT2D eigenvalue weighted by atomic mass is 10.1. The molecule has 5 heteroatoms. The molecule has 15 heavy (non-hydrogen) atoms. The predicted octanol–water partition coefficient (Wildman–Crippen LogP) is 1.14. The number of nitrogens with one attached hydrogen (secondary N) is 1. The van der Waals surface area contributed by atoms with Crippen molar-refractivity contribution in [3.63, 3.8) is 0 Å². The molecule has 0 atom stereocenters. The summed E-state index contributed by atoms with van der Waals surface area (Å²) in [6.45, 7) is -0.0632. The highest BCUT2D eigenvalue weighted by Crippen LogP contribution is 2.04. The van der Waals surface area contributed by atoms with Crippen LogP contribution in [0.15, 0.2) is 24.3 Å². The molecule has 1 rings (SSSR count). The minimum Gasteiger partial charge on any atom is -0.366 e. The molecule has 1 aromatic rings. The molecule has 0 aliphatic heterocycles. The summed E-state index contributed by atoms with van der Waals surface area (Å²) in [4.78, 5) is 10.8. The van der Waals surface area contributed by atoms with E-state index in [0.717, 1.165) is 5.56 Å². The van der Waals surface area contributed by atoms with Gasteiger partial charge in [0.1, 0.15) is 0 Å². The zero-order valence-corrected chi connectivity index (χ0v) is 8.04. The maximum atomic E-state index is 11.8. The minimum atomic E-state index is -2.37. The summed E-state index contributed by atoms with van der Waals surface area (Å²) < 4.78 is 23.6. The van der Waals surface area contributed by atoms with Crippen molar-refractivity contribution in [2.45, 2.75) is 13.0 Å². The van der Waals surface area contributed by atoms with E-state index < -0.39 is 12.3 Å². The van der Waals surface area contributed by atoms with Gasteiger partial charge in [0.15, 0.2) is 0 Å². The van der Waals surface area contributed by atoms with E-state index in [1.54, 1.807) is 24.3 Å². The molecule has 0 aromatic heterocycles. The second-order valence-corrected chi connectivity index (χ2v) is 3.09. The van der Waals surface area contributed by atoms with Crippen molar-refractivity contribution in [3.05, 3.63) is 35.4 Å². The Morgan fingerprint density at radius 3 is 2.80 bits per heavy atom. The number of nitrogens with two attached hydrogens (primary N) is 1. The molecule has 0 radical (unpaired) electrons. The van der Waals surface area contributed by atoms with E-state index in [4.69, 9.17) is 5.73 Å². The molecule has 0 unspecified atom stereocenters. The topological polar surface area (TPSA) is 55.1 Å². The molecule has 0 aliphatic carbocycles. The van der Waals surface area contributed by atoms with Crippen LogP contribution >= 0.6 is 0 Å². The summed E-state index contributed by atoms with van der Waals surface area (Å²) >= 11 is 0. The number of primary amides is 1. The van der Waals surface area contributed by atoms with E-state index in [1.165, 1.54) is 0 Å². The first kappa shape index (κ1) is 11.6. The van der Waals surface area contributed by atoms with Crippen molar-refractivity contribution < 1.29 is 13.6 Å². The largest absolute Gasteiger partial charge is 0.366 e. The quantitative estimate of drug-likeness (QED) is 0.772. The molecule has 0 spiro atoms. The molecule has 1 amide bonds. The van der Waals surface area contributed by atoms with Gasteiger partial charge in [-0.05, 0) is 17.7 Å². The third kappa shape index (κ3) is 4.03. The predicted molar refractivity (Wildman–Crippen MR) is 52.7 cm³/mol. The van der Waals surface area contributed by atoms with E-state index in [1.807, 2.05) is 0 Å². The Morgan fingerprint density at radius 2 is 2.20 bits per heavy atom. The van der Waals surface area contributed by atoms with Crippen molar-refractivity contribution in [2.75, 3.05) is 6.54 Å². The van der Waals surface area contributed by atoms with Gasteiger partial charge in [-0.3, -0.25) is 4.79 Å². The Balaban J connectivity index is 2.54. The standard InChI is InChI=1S/C10H12F2N2O/c11-9(12)6-14-5-7-2-1-3-8(4-7)10(13)15/h1-4,9,14H,5-6H2,(H2,13,15). The molecule has 3 N–H and O–H groups in total. The average Bonchev–Trinajstić information content (AvgIpc) is 2.17. The maximum Gasteiger partial charge on any atom is 0.250 e. The third-order valence-corrected chi connectivity index (χ3v) is 1.84. The first-order valence-corrected chi connectivity index (χ1v) is 4.47. The Kier molecular flexibility index (Phi) is 4.17. The monoisotopic (exact) mass is 214 g/mol. The molecule has 82 valence electrons. The molecule has 0 aliphatic rings. The van der Waals surface area contributed by atoms with Gasteiger partial charge in [-0.15, -0.1) is 0 Å². The SMILES string of the molecule is NC(=O)c1cccc(CNCC(F)F)c1. The Labute approximate surface area is 86.3 Å². The van der Waals surface area contributed by atoms with Crippen LogP contribution < -0.4 is 11.1 Å². The molecule has 3 nitrogen and oxygen atoms in total. The van der Waals surface area contributed by atoms with Gasteiger partial charge in [-0.2, -0.15) is 0 Å². The number of alkyl halides is 2. The molecule has 0 bridgehead atoms. The van der Waals surface area contributed by atoms with E-state index in [-0.39, 0.29) is 6.54 Å². The van der Waals surface area contributed by atoms with Gasteiger partial charge in [0.05, 0.1) is 6.54 Å². The van der Waals surface area contributed by atoms with E-state index >= 15 is 0 Å². The van der Waals surface area contributed by atoms with Crippen molar-refractivity contribution in [1.82, 2.24) is 5.32 Å². The Hall–Kier alpha value is -1.49. The second kappa shape index (κ2) is 5.41. The van der Waals surface area contributed by atoms with Crippen LogP contribution in [0.4, 0.5) is 8.78 Å². The zero-order valence-electron chi connectivity index (χ0n) is 8.04. The van der Waals surface area contributed by atoms with Crippen molar-refractivity contribution in [3.8, 4) is 0 Å². The molecule has 0 heterocycles. The number of benzene rings is 1. The fraction of sp³-hybridized carbons (Fsp3) is 0.300. The number of amides is 1. The summed E-state index contributed by atoms with van der Waals surface area (Å²) in [5, 5.41) is 2.57. The Bertz CT molecular complexity index is 342. The average molecular weight is 214 g/mol. The van der Waals surface area contributed by atoms with E-state index in [0.29, 0.717) is 12.1 Å². The summed E-state index contributed by atoms with van der Waals surface area (Å²) in [7, 11) is 0. The van der Waals surface area contributed by atoms with Crippen molar-refractivity contribution in [1.29, 1.82) is 0 Å². The highest BCUT2D eigenvalue weighted by molar-refractivity contribution is 5.92. The highest BCUT2D eigenvalue weighted by atomic mass is 19.3. The first-order chi connectivity index (χ1) is 7.09. The molecule has 0 fully saturated rings. The summed E-state index contributed by atoms with van der Waals surface area (Å²) in [5.74, 6) is -0.522. The number of carbonyl (C=O) groups excluding carboxylic acids is 1. The van der Waals surface area contributed by atoms with Crippen LogP contribution in [0.25, 0.3) is 0 Å². The molecule has 0 saturated carbocycles. The third-order valence-electron chi connectivity index (χ3n) is 1.84. The first-order valence-electron chi connectivity index (χ1n) is 4.47. The number of hydrogen-bond donors (Lipinski definition) is 2. The van der Waals surface area contributed by atoms with Crippen LogP contribution in [0.3, 0.4) is 0 Å². The number of carbonyl (C=O) groups is 1. The van der Waals surface area contributed by atoms with Gasteiger partial charge in [0, 0.05) is 12.1 Å². The zero-order chi connectivity index (χ0) is 11.3. The van der Waals surface area contributed by atoms with Gasteiger partial charge in [-0.1, -0.05) is 12.1 Å². The minimum absolute atomic E-state index is 0.297. The van der Waals surface area contributed by atoms with Crippen LogP contribution in [0.5, 0.6) is 0 Å². The lowest BCUT2D eigenvalue weighted by molar-refractivity contribution is 0.1000. The van der Waals surface area contributed by atoms with Gasteiger partial charge in [-0.25, -0.2) is 8.78 Å². The number of hydrogen-bond acceptors (Lipinski definition) is 2. The van der Waals surface area contributed by atoms with E-state index in [2.05, 4.69) is 5.32 Å². The normalized spacial score (nSPS) is 10.6. The van der Waals surface area contributed by atoms with Crippen LogP contribution in [-0.4, -0.2) is 18.9 Å². The van der Waals surface area contributed by atoms with Crippen LogP contribution in [0, 0.1) is 0 Å². The lowest BCUT2D eigenvalue weighted by Gasteiger charge is -2.05. The van der Waals surface area contributed by atoms with Crippen molar-refractivity contribution >= 4 is 5.91 Å². The maximum absolute atomic E-state index is 11.8. The molecule has 1 aromatic carbocycles. The van der Waals surface area contributed by atoms with Gasteiger partial charge in [0.25, 0.3) is 6.43 Å². The van der Waals surface area contributed by atoms with Crippen molar-refractivity contribution in [2.24, 2.45) is 5.73 Å². The van der Waals surface area contributed by atoms with Gasteiger partial charge < -0.3 is 11.1 Å². The number of halogens is 2. The lowest BCUT2D eigenvalue weighted by Crippen LogP contribution is -2.21. The van der Waals surface area contributed by atoms with E-state index in [9.17, 15) is 13.6 Å². The fourth-order valence-electron chi connectivity index (χ4n) is 1.16. The summed E-state index contributed by atoms with van der Waals surface area (Å²) in [6, 6.07) is 6.57. The smallest absolute Gasteiger partial charge is 0.250 e. The van der Waals surface area contributed by atoms with Gasteiger partial charge >= 0.3 is 0 Å². The van der Waals surface area contributed by atoms with Gasteiger partial charge in [0.2, 0.25) is 5.91 Å². The molecular weight excluding hydrogens is 202 g/mol. The summed E-state index contributed by atoms with van der Waals surface area (Å²) in [6.07, 6.45) is -2.37. The molecular formula is C10H12F2N2O.